The lowest BCUT2D eigenvalue weighted by atomic mass is 10.2. The lowest BCUT2D eigenvalue weighted by Crippen LogP contribution is -2.06. The van der Waals surface area contributed by atoms with Gasteiger partial charge in [0.25, 0.3) is 0 Å². The molecular formula is C13H10N2O2. The Bertz CT molecular complexity index is 509. The maximum Gasteiger partial charge on any atom is 0.338 e. The zero-order valence-electron chi connectivity index (χ0n) is 8.98. The second-order valence-corrected chi connectivity index (χ2v) is 3.20. The van der Waals surface area contributed by atoms with Crippen LogP contribution in [-0.4, -0.2) is 15.9 Å². The fourth-order valence-corrected chi connectivity index (χ4v) is 1.19. The third-order valence-electron chi connectivity index (χ3n) is 1.95. The summed E-state index contributed by atoms with van der Waals surface area (Å²) in [4.78, 5) is 19.0. The molecule has 1 heterocycles. The Morgan fingerprint density at radius 2 is 1.76 bits per heavy atom. The fraction of sp³-hybridized carbons (Fsp3) is 0. The van der Waals surface area contributed by atoms with E-state index < -0.39 is 5.97 Å². The van der Waals surface area contributed by atoms with E-state index in [1.807, 2.05) is 30.3 Å². The van der Waals surface area contributed by atoms with Gasteiger partial charge in [-0.3, -0.25) is 0 Å². The lowest BCUT2D eigenvalue weighted by molar-refractivity contribution is -0.129. The van der Waals surface area contributed by atoms with Crippen LogP contribution >= 0.6 is 0 Å². The quantitative estimate of drug-likeness (QED) is 0.594. The van der Waals surface area contributed by atoms with Crippen molar-refractivity contribution in [1.82, 2.24) is 9.97 Å². The minimum atomic E-state index is -0.500. The normalized spacial score (nSPS) is 10.4. The van der Waals surface area contributed by atoms with Crippen molar-refractivity contribution in [2.75, 3.05) is 0 Å². The summed E-state index contributed by atoms with van der Waals surface area (Å²) in [6, 6.07) is 11.2. The maximum atomic E-state index is 11.4. The molecule has 0 aliphatic heterocycles. The van der Waals surface area contributed by atoms with Crippen LogP contribution in [0.5, 0.6) is 6.01 Å². The molecule has 0 spiro atoms. The van der Waals surface area contributed by atoms with E-state index in [2.05, 4.69) is 9.97 Å². The Morgan fingerprint density at radius 3 is 2.47 bits per heavy atom. The molecule has 4 heteroatoms. The van der Waals surface area contributed by atoms with E-state index in [1.54, 1.807) is 12.1 Å². The van der Waals surface area contributed by atoms with E-state index in [9.17, 15) is 4.79 Å². The van der Waals surface area contributed by atoms with Crippen molar-refractivity contribution in [3.05, 3.63) is 60.4 Å². The molecule has 0 saturated carbocycles. The first-order valence-corrected chi connectivity index (χ1v) is 5.06. The highest BCUT2D eigenvalue weighted by Crippen LogP contribution is 2.02. The Balaban J connectivity index is 1.96. The highest BCUT2D eigenvalue weighted by Gasteiger charge is 2.01. The lowest BCUT2D eigenvalue weighted by Gasteiger charge is -1.96. The van der Waals surface area contributed by atoms with Crippen molar-refractivity contribution in [2.45, 2.75) is 0 Å². The summed E-state index contributed by atoms with van der Waals surface area (Å²) in [5, 5.41) is 0. The SMILES string of the molecule is O=C(/C=C/c1ccccc1)Oc1ncccn1. The van der Waals surface area contributed by atoms with E-state index in [0.717, 1.165) is 5.56 Å². The highest BCUT2D eigenvalue weighted by molar-refractivity contribution is 5.88. The largest absolute Gasteiger partial charge is 0.388 e. The number of hydrogen-bond donors (Lipinski definition) is 0. The molecule has 0 N–H and O–H groups in total. The van der Waals surface area contributed by atoms with Crippen LogP contribution in [-0.2, 0) is 4.79 Å². The summed E-state index contributed by atoms with van der Waals surface area (Å²) in [5.74, 6) is -0.500. The molecule has 0 atom stereocenters. The third kappa shape index (κ3) is 3.53. The summed E-state index contributed by atoms with van der Waals surface area (Å²) < 4.78 is 4.89. The van der Waals surface area contributed by atoms with E-state index in [4.69, 9.17) is 4.74 Å². The van der Waals surface area contributed by atoms with Gasteiger partial charge in [0.1, 0.15) is 0 Å². The van der Waals surface area contributed by atoms with Crippen molar-refractivity contribution in [3.63, 3.8) is 0 Å². The monoisotopic (exact) mass is 226 g/mol. The standard InChI is InChI=1S/C13H10N2O2/c16-12(17-13-14-9-4-10-15-13)8-7-11-5-2-1-3-6-11/h1-10H/b8-7+. The van der Waals surface area contributed by atoms with Crippen LogP contribution in [0, 0.1) is 0 Å². The Morgan fingerprint density at radius 1 is 1.06 bits per heavy atom. The van der Waals surface area contributed by atoms with Crippen molar-refractivity contribution in [3.8, 4) is 6.01 Å². The number of nitrogens with zero attached hydrogens (tertiary/aromatic N) is 2. The molecule has 17 heavy (non-hydrogen) atoms. The summed E-state index contributed by atoms with van der Waals surface area (Å²) >= 11 is 0. The Labute approximate surface area is 98.6 Å². The van der Waals surface area contributed by atoms with Gasteiger partial charge in [0, 0.05) is 18.5 Å². The summed E-state index contributed by atoms with van der Waals surface area (Å²) in [6.45, 7) is 0. The van der Waals surface area contributed by atoms with Crippen molar-refractivity contribution < 1.29 is 9.53 Å². The Hall–Kier alpha value is -2.49. The number of rotatable bonds is 3. The second kappa shape index (κ2) is 5.55. The van der Waals surface area contributed by atoms with Gasteiger partial charge >= 0.3 is 12.0 Å². The Kier molecular flexibility index (Phi) is 3.60. The molecule has 4 nitrogen and oxygen atoms in total. The van der Waals surface area contributed by atoms with E-state index in [1.165, 1.54) is 18.5 Å². The van der Waals surface area contributed by atoms with Crippen LogP contribution in [0.2, 0.25) is 0 Å². The number of benzene rings is 1. The van der Waals surface area contributed by atoms with E-state index >= 15 is 0 Å². The van der Waals surface area contributed by atoms with Crippen molar-refractivity contribution in [1.29, 1.82) is 0 Å². The zero-order valence-corrected chi connectivity index (χ0v) is 8.98. The van der Waals surface area contributed by atoms with Crippen molar-refractivity contribution >= 4 is 12.0 Å². The molecule has 1 aromatic carbocycles. The molecule has 0 bridgehead atoms. The highest BCUT2D eigenvalue weighted by atomic mass is 16.5. The summed E-state index contributed by atoms with van der Waals surface area (Å²) in [7, 11) is 0. The van der Waals surface area contributed by atoms with Gasteiger partial charge in [-0.25, -0.2) is 14.8 Å². The van der Waals surface area contributed by atoms with Gasteiger partial charge in [-0.05, 0) is 17.7 Å². The first-order valence-electron chi connectivity index (χ1n) is 5.06. The van der Waals surface area contributed by atoms with Crippen molar-refractivity contribution in [2.24, 2.45) is 0 Å². The van der Waals surface area contributed by atoms with Gasteiger partial charge in [-0.15, -0.1) is 0 Å². The topological polar surface area (TPSA) is 52.1 Å². The summed E-state index contributed by atoms with van der Waals surface area (Å²) in [6.07, 6.45) is 6.03. The number of carbonyl (C=O) groups is 1. The van der Waals surface area contributed by atoms with Crippen LogP contribution in [0.1, 0.15) is 5.56 Å². The first-order chi connectivity index (χ1) is 8.34. The first kappa shape index (κ1) is 11.0. The van der Waals surface area contributed by atoms with Crippen LogP contribution in [0.15, 0.2) is 54.9 Å². The van der Waals surface area contributed by atoms with E-state index in [0.29, 0.717) is 0 Å². The smallest absolute Gasteiger partial charge is 0.338 e. The molecule has 0 fully saturated rings. The predicted octanol–water partition coefficient (Wildman–Crippen LogP) is 2.10. The van der Waals surface area contributed by atoms with E-state index in [-0.39, 0.29) is 6.01 Å². The number of hydrogen-bond acceptors (Lipinski definition) is 4. The molecule has 1 aromatic heterocycles. The van der Waals surface area contributed by atoms with Crippen LogP contribution in [0.3, 0.4) is 0 Å². The molecule has 0 aliphatic rings. The van der Waals surface area contributed by atoms with Crippen LogP contribution < -0.4 is 4.74 Å². The summed E-state index contributed by atoms with van der Waals surface area (Å²) in [5.41, 5.74) is 0.929. The number of aromatic nitrogens is 2. The fourth-order valence-electron chi connectivity index (χ4n) is 1.19. The number of esters is 1. The zero-order chi connectivity index (χ0) is 11.9. The van der Waals surface area contributed by atoms with Crippen LogP contribution in [0.25, 0.3) is 6.08 Å². The van der Waals surface area contributed by atoms with Gasteiger partial charge in [0.05, 0.1) is 0 Å². The minimum Gasteiger partial charge on any atom is -0.388 e. The van der Waals surface area contributed by atoms with Gasteiger partial charge in [-0.1, -0.05) is 30.3 Å². The third-order valence-corrected chi connectivity index (χ3v) is 1.95. The molecule has 0 amide bonds. The number of carbonyl (C=O) groups excluding carboxylic acids is 1. The predicted molar refractivity (Wildman–Crippen MR) is 63.1 cm³/mol. The molecule has 0 aliphatic carbocycles. The second-order valence-electron chi connectivity index (χ2n) is 3.20. The molecule has 84 valence electrons. The average Bonchev–Trinajstić information content (AvgIpc) is 2.39. The molecule has 0 unspecified atom stereocenters. The molecule has 0 radical (unpaired) electrons. The average molecular weight is 226 g/mol. The molecule has 2 rings (SSSR count). The molecule has 0 saturated heterocycles. The van der Waals surface area contributed by atoms with Gasteiger partial charge in [0.2, 0.25) is 0 Å². The minimum absolute atomic E-state index is 0.0511. The van der Waals surface area contributed by atoms with Gasteiger partial charge in [-0.2, -0.15) is 0 Å². The maximum absolute atomic E-state index is 11.4. The number of ether oxygens (including phenoxy) is 1. The molecule has 2 aromatic rings. The van der Waals surface area contributed by atoms with Gasteiger partial charge < -0.3 is 4.74 Å². The van der Waals surface area contributed by atoms with Crippen LogP contribution in [0.4, 0.5) is 0 Å². The molecular weight excluding hydrogens is 216 g/mol. The van der Waals surface area contributed by atoms with Gasteiger partial charge in [0.15, 0.2) is 0 Å².